The summed E-state index contributed by atoms with van der Waals surface area (Å²) in [6.45, 7) is 2.42. The summed E-state index contributed by atoms with van der Waals surface area (Å²) in [7, 11) is 3.16. The van der Waals surface area contributed by atoms with Crippen molar-refractivity contribution in [2.75, 3.05) is 26.1 Å². The highest BCUT2D eigenvalue weighted by Gasteiger charge is 2.13. The molecule has 3 aromatic rings. The van der Waals surface area contributed by atoms with Crippen molar-refractivity contribution in [2.45, 2.75) is 6.92 Å². The zero-order valence-electron chi connectivity index (χ0n) is 14.2. The van der Waals surface area contributed by atoms with Crippen LogP contribution in [0.25, 0.3) is 10.2 Å². The van der Waals surface area contributed by atoms with Gasteiger partial charge in [0.25, 0.3) is 5.91 Å². The summed E-state index contributed by atoms with van der Waals surface area (Å²) in [5.41, 5.74) is 1.28. The van der Waals surface area contributed by atoms with E-state index in [-0.39, 0.29) is 5.91 Å². The predicted octanol–water partition coefficient (Wildman–Crippen LogP) is 3.96. The molecule has 0 saturated carbocycles. The van der Waals surface area contributed by atoms with Gasteiger partial charge < -0.3 is 14.2 Å². The van der Waals surface area contributed by atoms with Crippen LogP contribution < -0.4 is 19.5 Å². The number of carbonyl (C=O) groups is 1. The lowest BCUT2D eigenvalue weighted by Gasteiger charge is -2.10. The highest BCUT2D eigenvalue weighted by atomic mass is 32.1. The highest BCUT2D eigenvalue weighted by Crippen LogP contribution is 2.31. The molecule has 0 radical (unpaired) electrons. The van der Waals surface area contributed by atoms with Crippen molar-refractivity contribution in [1.82, 2.24) is 4.98 Å². The number of aromatic nitrogens is 1. The Morgan fingerprint density at radius 2 is 1.96 bits per heavy atom. The quantitative estimate of drug-likeness (QED) is 0.722. The van der Waals surface area contributed by atoms with Crippen molar-refractivity contribution in [2.24, 2.45) is 0 Å². The molecule has 0 aliphatic carbocycles. The van der Waals surface area contributed by atoms with Gasteiger partial charge in [-0.2, -0.15) is 0 Å². The van der Waals surface area contributed by atoms with E-state index in [1.54, 1.807) is 32.4 Å². The number of fused-ring (bicyclic) bond motifs is 1. The van der Waals surface area contributed by atoms with Gasteiger partial charge in [-0.3, -0.25) is 10.1 Å². The van der Waals surface area contributed by atoms with Crippen molar-refractivity contribution < 1.29 is 19.0 Å². The Kier molecular flexibility index (Phi) is 5.04. The zero-order chi connectivity index (χ0) is 17.8. The zero-order valence-corrected chi connectivity index (χ0v) is 15.0. The SMILES string of the molecule is CCOc1ccc(C(=O)Nc2nc3ccc(OC)cc3s2)cc1OC. The van der Waals surface area contributed by atoms with Gasteiger partial charge in [-0.1, -0.05) is 11.3 Å². The lowest BCUT2D eigenvalue weighted by molar-refractivity contribution is 0.102. The minimum atomic E-state index is -0.257. The second kappa shape index (κ2) is 7.40. The molecule has 3 rings (SSSR count). The van der Waals surface area contributed by atoms with E-state index in [2.05, 4.69) is 10.3 Å². The molecule has 0 atom stereocenters. The number of methoxy groups -OCH3 is 2. The van der Waals surface area contributed by atoms with E-state index in [1.165, 1.54) is 11.3 Å². The van der Waals surface area contributed by atoms with Gasteiger partial charge >= 0.3 is 0 Å². The number of ether oxygens (including phenoxy) is 3. The number of amides is 1. The molecule has 0 saturated heterocycles. The van der Waals surface area contributed by atoms with Crippen LogP contribution in [-0.4, -0.2) is 31.7 Å². The van der Waals surface area contributed by atoms with Crippen LogP contribution in [0.5, 0.6) is 17.2 Å². The summed E-state index contributed by atoms with van der Waals surface area (Å²) >= 11 is 1.39. The number of hydrogen-bond acceptors (Lipinski definition) is 6. The molecule has 25 heavy (non-hydrogen) atoms. The molecule has 0 aliphatic rings. The molecule has 2 aromatic carbocycles. The fourth-order valence-electron chi connectivity index (χ4n) is 2.34. The van der Waals surface area contributed by atoms with E-state index in [1.807, 2.05) is 25.1 Å². The summed E-state index contributed by atoms with van der Waals surface area (Å²) in [4.78, 5) is 16.9. The molecule has 1 N–H and O–H groups in total. The third-order valence-corrected chi connectivity index (χ3v) is 4.48. The number of benzene rings is 2. The van der Waals surface area contributed by atoms with Crippen LogP contribution in [0.2, 0.25) is 0 Å². The van der Waals surface area contributed by atoms with Gasteiger partial charge in [-0.05, 0) is 43.3 Å². The van der Waals surface area contributed by atoms with E-state index >= 15 is 0 Å². The molecule has 0 spiro atoms. The van der Waals surface area contributed by atoms with Crippen LogP contribution in [0.3, 0.4) is 0 Å². The first-order valence-corrected chi connectivity index (χ1v) is 8.53. The molecule has 1 aromatic heterocycles. The first-order valence-electron chi connectivity index (χ1n) is 7.71. The smallest absolute Gasteiger partial charge is 0.257 e. The van der Waals surface area contributed by atoms with Gasteiger partial charge in [0, 0.05) is 5.56 Å². The molecule has 1 amide bonds. The van der Waals surface area contributed by atoms with Crippen LogP contribution in [0.15, 0.2) is 36.4 Å². The van der Waals surface area contributed by atoms with Crippen molar-refractivity contribution in [3.05, 3.63) is 42.0 Å². The Balaban J connectivity index is 1.82. The monoisotopic (exact) mass is 358 g/mol. The third kappa shape index (κ3) is 3.66. The molecular formula is C18H18N2O4S. The van der Waals surface area contributed by atoms with Crippen molar-refractivity contribution in [3.8, 4) is 17.2 Å². The summed E-state index contributed by atoms with van der Waals surface area (Å²) in [6, 6.07) is 10.7. The predicted molar refractivity (Wildman–Crippen MR) is 98.3 cm³/mol. The van der Waals surface area contributed by atoms with Crippen LogP contribution in [0.1, 0.15) is 17.3 Å². The standard InChI is InChI=1S/C18H18N2O4S/c1-4-24-14-8-5-11(9-15(14)23-3)17(21)20-18-19-13-7-6-12(22-2)10-16(13)25-18/h5-10H,4H2,1-3H3,(H,19,20,21). The number of anilines is 1. The number of nitrogens with zero attached hydrogens (tertiary/aromatic N) is 1. The molecule has 0 fully saturated rings. The topological polar surface area (TPSA) is 69.7 Å². The summed E-state index contributed by atoms with van der Waals surface area (Å²) in [5, 5.41) is 3.35. The molecule has 6 nitrogen and oxygen atoms in total. The van der Waals surface area contributed by atoms with Crippen molar-refractivity contribution >= 4 is 32.6 Å². The Morgan fingerprint density at radius 1 is 1.12 bits per heavy atom. The van der Waals surface area contributed by atoms with Crippen molar-refractivity contribution in [1.29, 1.82) is 0 Å². The summed E-state index contributed by atoms with van der Waals surface area (Å²) in [6.07, 6.45) is 0. The van der Waals surface area contributed by atoms with Crippen LogP contribution in [0.4, 0.5) is 5.13 Å². The number of rotatable bonds is 6. The Labute approximate surface area is 149 Å². The Morgan fingerprint density at radius 3 is 2.68 bits per heavy atom. The molecular weight excluding hydrogens is 340 g/mol. The van der Waals surface area contributed by atoms with Gasteiger partial charge in [0.15, 0.2) is 16.6 Å². The van der Waals surface area contributed by atoms with Crippen molar-refractivity contribution in [3.63, 3.8) is 0 Å². The lowest BCUT2D eigenvalue weighted by atomic mass is 10.2. The minimum absolute atomic E-state index is 0.257. The molecule has 7 heteroatoms. The molecule has 0 bridgehead atoms. The van der Waals surface area contributed by atoms with Gasteiger partial charge in [-0.15, -0.1) is 0 Å². The normalized spacial score (nSPS) is 10.5. The number of hydrogen-bond donors (Lipinski definition) is 1. The molecule has 1 heterocycles. The Bertz CT molecular complexity index is 907. The summed E-state index contributed by atoms with van der Waals surface area (Å²) in [5.74, 6) is 1.62. The Hall–Kier alpha value is -2.80. The van der Waals surface area contributed by atoms with Crippen LogP contribution in [0, 0.1) is 0 Å². The molecule has 0 unspecified atom stereocenters. The fraction of sp³-hybridized carbons (Fsp3) is 0.222. The lowest BCUT2D eigenvalue weighted by Crippen LogP contribution is -2.12. The van der Waals surface area contributed by atoms with E-state index in [9.17, 15) is 4.79 Å². The fourth-order valence-corrected chi connectivity index (χ4v) is 3.23. The maximum atomic E-state index is 12.5. The second-order valence-corrected chi connectivity index (χ2v) is 6.14. The van der Waals surface area contributed by atoms with Gasteiger partial charge in [0.2, 0.25) is 0 Å². The third-order valence-electron chi connectivity index (χ3n) is 3.54. The van der Waals surface area contributed by atoms with Gasteiger partial charge in [-0.25, -0.2) is 4.98 Å². The average Bonchev–Trinajstić information content (AvgIpc) is 3.03. The largest absolute Gasteiger partial charge is 0.497 e. The second-order valence-electron chi connectivity index (χ2n) is 5.11. The van der Waals surface area contributed by atoms with Gasteiger partial charge in [0.1, 0.15) is 5.75 Å². The first-order chi connectivity index (χ1) is 12.1. The van der Waals surface area contributed by atoms with E-state index in [0.29, 0.717) is 28.8 Å². The van der Waals surface area contributed by atoms with Crippen LogP contribution in [-0.2, 0) is 0 Å². The molecule has 0 aliphatic heterocycles. The highest BCUT2D eigenvalue weighted by molar-refractivity contribution is 7.22. The molecule has 130 valence electrons. The van der Waals surface area contributed by atoms with E-state index in [0.717, 1.165) is 16.0 Å². The first kappa shape index (κ1) is 17.0. The van der Waals surface area contributed by atoms with Gasteiger partial charge in [0.05, 0.1) is 31.0 Å². The number of carbonyl (C=O) groups excluding carboxylic acids is 1. The maximum absolute atomic E-state index is 12.5. The summed E-state index contributed by atoms with van der Waals surface area (Å²) < 4.78 is 16.9. The van der Waals surface area contributed by atoms with E-state index in [4.69, 9.17) is 14.2 Å². The van der Waals surface area contributed by atoms with E-state index < -0.39 is 0 Å². The average molecular weight is 358 g/mol. The number of nitrogens with one attached hydrogen (secondary N) is 1. The minimum Gasteiger partial charge on any atom is -0.497 e. The van der Waals surface area contributed by atoms with Crippen LogP contribution >= 0.6 is 11.3 Å². The number of thiazole rings is 1. The maximum Gasteiger partial charge on any atom is 0.257 e.